The van der Waals surface area contributed by atoms with Crippen LogP contribution in [0.4, 0.5) is 5.69 Å². The number of anilines is 1. The number of rotatable bonds is 4. The molecule has 0 aliphatic rings. The fourth-order valence-electron chi connectivity index (χ4n) is 3.45. The van der Waals surface area contributed by atoms with Gasteiger partial charge in [-0.2, -0.15) is 0 Å². The van der Waals surface area contributed by atoms with Crippen molar-refractivity contribution in [3.05, 3.63) is 75.3 Å². The van der Waals surface area contributed by atoms with Crippen LogP contribution in [-0.4, -0.2) is 16.9 Å². The smallest absolute Gasteiger partial charge is 0.338 e. The van der Waals surface area contributed by atoms with Crippen LogP contribution in [0.2, 0.25) is 0 Å². The molecule has 4 aromatic rings. The Morgan fingerprint density at radius 2 is 1.87 bits per heavy atom. The summed E-state index contributed by atoms with van der Waals surface area (Å²) in [5.74, 6) is -0.710. The van der Waals surface area contributed by atoms with Gasteiger partial charge in [0.25, 0.3) is 0 Å². The Kier molecular flexibility index (Phi) is 4.87. The number of hydrogen-bond acceptors (Lipinski definition) is 5. The van der Waals surface area contributed by atoms with Crippen molar-refractivity contribution in [2.45, 2.75) is 27.4 Å². The maximum Gasteiger partial charge on any atom is 0.338 e. The number of H-pyrrole nitrogens is 1. The summed E-state index contributed by atoms with van der Waals surface area (Å²) in [4.78, 5) is 39.0. The average molecular weight is 404 g/mol. The van der Waals surface area contributed by atoms with Gasteiger partial charge in [0.15, 0.2) is 0 Å². The molecule has 0 unspecified atom stereocenters. The Bertz CT molecular complexity index is 1360. The minimum atomic E-state index is -0.562. The van der Waals surface area contributed by atoms with E-state index in [-0.39, 0.29) is 12.5 Å². The number of carbonyl (C=O) groups excluding carboxylic acids is 2. The number of esters is 1. The third-order valence-electron chi connectivity index (χ3n) is 5.05. The Morgan fingerprint density at radius 3 is 2.63 bits per heavy atom. The number of benzene rings is 2. The summed E-state index contributed by atoms with van der Waals surface area (Å²) in [6.07, 6.45) is 0. The van der Waals surface area contributed by atoms with Gasteiger partial charge in [-0.25, -0.2) is 9.59 Å². The number of hydrogen-bond donors (Lipinski definition) is 2. The lowest BCUT2D eigenvalue weighted by atomic mass is 10.1. The second kappa shape index (κ2) is 7.51. The molecule has 2 aromatic carbocycles. The zero-order valence-electron chi connectivity index (χ0n) is 16.8. The van der Waals surface area contributed by atoms with Crippen LogP contribution in [0.1, 0.15) is 34.1 Å². The van der Waals surface area contributed by atoms with Gasteiger partial charge in [-0.05, 0) is 49.7 Å². The van der Waals surface area contributed by atoms with Gasteiger partial charge in [0, 0.05) is 52.3 Å². The molecule has 0 aliphatic carbocycles. The molecule has 7 heteroatoms. The van der Waals surface area contributed by atoms with Gasteiger partial charge in [-0.3, -0.25) is 4.79 Å². The van der Waals surface area contributed by atoms with E-state index in [1.807, 2.05) is 19.9 Å². The van der Waals surface area contributed by atoms with Gasteiger partial charge in [0.1, 0.15) is 12.2 Å². The van der Waals surface area contributed by atoms with Crippen LogP contribution in [0.5, 0.6) is 0 Å². The highest BCUT2D eigenvalue weighted by molar-refractivity contribution is 5.96. The van der Waals surface area contributed by atoms with Crippen LogP contribution < -0.4 is 10.9 Å². The van der Waals surface area contributed by atoms with Crippen LogP contribution in [0, 0.1) is 13.8 Å². The lowest BCUT2D eigenvalue weighted by Gasteiger charge is -2.09. The number of ether oxygens (including phenoxy) is 1. The number of aryl methyl sites for hydroxylation is 2. The van der Waals surface area contributed by atoms with Gasteiger partial charge >= 0.3 is 11.6 Å². The molecule has 30 heavy (non-hydrogen) atoms. The second-order valence-electron chi connectivity index (χ2n) is 7.19. The minimum absolute atomic E-state index is 0.0798. The van der Waals surface area contributed by atoms with E-state index < -0.39 is 11.6 Å². The fourth-order valence-corrected chi connectivity index (χ4v) is 3.45. The maximum atomic E-state index is 12.6. The molecule has 0 saturated carbocycles. The van der Waals surface area contributed by atoms with Crippen LogP contribution in [0.25, 0.3) is 21.9 Å². The maximum absolute atomic E-state index is 12.6. The van der Waals surface area contributed by atoms with Crippen molar-refractivity contribution in [1.82, 2.24) is 4.98 Å². The summed E-state index contributed by atoms with van der Waals surface area (Å²) in [5.41, 5.74) is 4.32. The van der Waals surface area contributed by atoms with Crippen LogP contribution in [0.15, 0.2) is 51.7 Å². The van der Waals surface area contributed by atoms with Crippen molar-refractivity contribution in [3.8, 4) is 0 Å². The van der Waals surface area contributed by atoms with Gasteiger partial charge < -0.3 is 19.5 Å². The van der Waals surface area contributed by atoms with E-state index >= 15 is 0 Å². The van der Waals surface area contributed by atoms with Crippen molar-refractivity contribution in [2.24, 2.45) is 0 Å². The summed E-state index contributed by atoms with van der Waals surface area (Å²) in [7, 11) is 0. The van der Waals surface area contributed by atoms with Crippen molar-refractivity contribution >= 4 is 39.4 Å². The standard InChI is InChI=1S/C23H20N2O5/c1-12-13(2)24-20-7-4-15(8-19(12)20)23(28)29-11-16-9-22(27)30-21-10-17(25-14(3)26)5-6-18(16)21/h4-10,24H,11H2,1-3H3,(H,25,26). The van der Waals surface area contributed by atoms with E-state index in [1.54, 1.807) is 30.3 Å². The van der Waals surface area contributed by atoms with Gasteiger partial charge in [0.05, 0.1) is 5.56 Å². The molecular weight excluding hydrogens is 384 g/mol. The Hall–Kier alpha value is -3.87. The molecule has 152 valence electrons. The molecule has 7 nitrogen and oxygen atoms in total. The highest BCUT2D eigenvalue weighted by Crippen LogP contribution is 2.24. The van der Waals surface area contributed by atoms with Crippen molar-refractivity contribution < 1.29 is 18.7 Å². The predicted octanol–water partition coefficient (Wildman–Crippen LogP) is 4.21. The number of aromatic nitrogens is 1. The first-order valence-electron chi connectivity index (χ1n) is 9.42. The number of aromatic amines is 1. The van der Waals surface area contributed by atoms with E-state index in [0.29, 0.717) is 27.8 Å². The van der Waals surface area contributed by atoms with Crippen LogP contribution >= 0.6 is 0 Å². The molecular formula is C23H20N2O5. The molecule has 2 aromatic heterocycles. The molecule has 0 saturated heterocycles. The average Bonchev–Trinajstić information content (AvgIpc) is 2.98. The van der Waals surface area contributed by atoms with Gasteiger partial charge in [-0.1, -0.05) is 0 Å². The van der Waals surface area contributed by atoms with E-state index in [2.05, 4.69) is 10.3 Å². The Balaban J connectivity index is 1.59. The largest absolute Gasteiger partial charge is 0.457 e. The van der Waals surface area contributed by atoms with Crippen molar-refractivity contribution in [3.63, 3.8) is 0 Å². The molecule has 2 N–H and O–H groups in total. The first kappa shape index (κ1) is 19.4. The summed E-state index contributed by atoms with van der Waals surface area (Å²) in [6, 6.07) is 11.6. The molecule has 0 aliphatic heterocycles. The molecule has 2 heterocycles. The quantitative estimate of drug-likeness (QED) is 0.392. The summed E-state index contributed by atoms with van der Waals surface area (Å²) < 4.78 is 10.7. The third kappa shape index (κ3) is 3.69. The normalized spacial score (nSPS) is 11.0. The second-order valence-corrected chi connectivity index (χ2v) is 7.19. The molecule has 4 rings (SSSR count). The topological polar surface area (TPSA) is 101 Å². The molecule has 0 radical (unpaired) electrons. The molecule has 0 bridgehead atoms. The molecule has 0 fully saturated rings. The Morgan fingerprint density at radius 1 is 1.07 bits per heavy atom. The molecule has 0 atom stereocenters. The van der Waals surface area contributed by atoms with E-state index in [0.717, 1.165) is 22.2 Å². The SMILES string of the molecule is CC(=O)Nc1ccc2c(COC(=O)c3ccc4[nH]c(C)c(C)c4c3)cc(=O)oc2c1. The summed E-state index contributed by atoms with van der Waals surface area (Å²) in [6.45, 7) is 5.29. The lowest BCUT2D eigenvalue weighted by Crippen LogP contribution is -2.09. The number of fused-ring (bicyclic) bond motifs is 2. The lowest BCUT2D eigenvalue weighted by molar-refractivity contribution is -0.114. The monoisotopic (exact) mass is 404 g/mol. The van der Waals surface area contributed by atoms with Crippen molar-refractivity contribution in [1.29, 1.82) is 0 Å². The van der Waals surface area contributed by atoms with E-state index in [4.69, 9.17) is 9.15 Å². The Labute approximate surface area is 171 Å². The highest BCUT2D eigenvalue weighted by Gasteiger charge is 2.13. The number of nitrogens with one attached hydrogen (secondary N) is 2. The van der Waals surface area contributed by atoms with Crippen LogP contribution in [0.3, 0.4) is 0 Å². The predicted molar refractivity (Wildman–Crippen MR) is 114 cm³/mol. The van der Waals surface area contributed by atoms with Crippen molar-refractivity contribution in [2.75, 3.05) is 5.32 Å². The zero-order valence-corrected chi connectivity index (χ0v) is 16.8. The number of carbonyl (C=O) groups is 2. The first-order valence-corrected chi connectivity index (χ1v) is 9.42. The van der Waals surface area contributed by atoms with Crippen LogP contribution in [-0.2, 0) is 16.1 Å². The summed E-state index contributed by atoms with van der Waals surface area (Å²) >= 11 is 0. The number of amides is 1. The zero-order chi connectivity index (χ0) is 21.4. The van der Waals surface area contributed by atoms with Gasteiger partial charge in [-0.15, -0.1) is 0 Å². The fraction of sp³-hybridized carbons (Fsp3) is 0.174. The third-order valence-corrected chi connectivity index (χ3v) is 5.05. The summed E-state index contributed by atoms with van der Waals surface area (Å²) in [5, 5.41) is 4.24. The molecule has 1 amide bonds. The van der Waals surface area contributed by atoms with E-state index in [9.17, 15) is 14.4 Å². The first-order chi connectivity index (χ1) is 14.3. The van der Waals surface area contributed by atoms with E-state index in [1.165, 1.54) is 13.0 Å². The van der Waals surface area contributed by atoms with Gasteiger partial charge in [0.2, 0.25) is 5.91 Å². The highest BCUT2D eigenvalue weighted by atomic mass is 16.5. The molecule has 0 spiro atoms. The minimum Gasteiger partial charge on any atom is -0.457 e.